The van der Waals surface area contributed by atoms with Crippen LogP contribution in [-0.2, 0) is 0 Å². The van der Waals surface area contributed by atoms with Crippen molar-refractivity contribution in [2.24, 2.45) is 0 Å². The molecule has 0 amide bonds. The monoisotopic (exact) mass is 235 g/mol. The molecular weight excluding hydrogens is 225 g/mol. The first-order valence-electron chi connectivity index (χ1n) is 5.06. The highest BCUT2D eigenvalue weighted by molar-refractivity contribution is 7.12. The summed E-state index contributed by atoms with van der Waals surface area (Å²) in [5.41, 5.74) is 2.04. The van der Waals surface area contributed by atoms with Gasteiger partial charge in [-0.1, -0.05) is 12.1 Å². The van der Waals surface area contributed by atoms with E-state index in [0.717, 1.165) is 22.9 Å². The van der Waals surface area contributed by atoms with Crippen molar-refractivity contribution in [1.82, 2.24) is 0 Å². The van der Waals surface area contributed by atoms with E-state index in [1.54, 1.807) is 23.5 Å². The Labute approximate surface area is 96.7 Å². The first-order chi connectivity index (χ1) is 7.83. The van der Waals surface area contributed by atoms with Crippen LogP contribution in [0, 0.1) is 5.82 Å². The average molecular weight is 235 g/mol. The van der Waals surface area contributed by atoms with Gasteiger partial charge in [0.05, 0.1) is 12.2 Å². The Morgan fingerprint density at radius 2 is 2.06 bits per heavy atom. The molecule has 0 spiro atoms. The number of ether oxygens (including phenoxy) is 1. The minimum atomic E-state index is -0.218. The molecule has 3 rings (SSSR count). The quantitative estimate of drug-likeness (QED) is 0.817. The maximum atomic E-state index is 12.8. The van der Waals surface area contributed by atoms with E-state index in [4.69, 9.17) is 4.74 Å². The first kappa shape index (κ1) is 9.66. The van der Waals surface area contributed by atoms with Crippen LogP contribution >= 0.6 is 11.3 Å². The first-order valence-corrected chi connectivity index (χ1v) is 5.94. The van der Waals surface area contributed by atoms with E-state index in [1.807, 2.05) is 11.4 Å². The minimum absolute atomic E-state index is 0.0354. The molecule has 1 atom stereocenters. The molecule has 1 N–H and O–H groups in total. The predicted molar refractivity (Wildman–Crippen MR) is 62.6 cm³/mol. The summed E-state index contributed by atoms with van der Waals surface area (Å²) < 4.78 is 18.6. The lowest BCUT2D eigenvalue weighted by Crippen LogP contribution is -2.22. The van der Waals surface area contributed by atoms with Gasteiger partial charge in [0.15, 0.2) is 5.06 Å². The molecule has 0 radical (unpaired) electrons. The van der Waals surface area contributed by atoms with Crippen LogP contribution in [-0.4, -0.2) is 6.54 Å². The van der Waals surface area contributed by atoms with Crippen LogP contribution in [0.2, 0.25) is 0 Å². The summed E-state index contributed by atoms with van der Waals surface area (Å²) in [4.78, 5) is 0. The third-order valence-corrected chi connectivity index (χ3v) is 3.40. The molecule has 1 unspecified atom stereocenters. The fourth-order valence-electron chi connectivity index (χ4n) is 1.75. The lowest BCUT2D eigenvalue weighted by Gasteiger charge is -2.25. The molecule has 0 saturated heterocycles. The molecule has 0 aliphatic carbocycles. The maximum Gasteiger partial charge on any atom is 0.198 e. The fraction of sp³-hybridized carbons (Fsp3) is 0.167. The largest absolute Gasteiger partial charge is 0.472 e. The second-order valence-electron chi connectivity index (χ2n) is 3.66. The number of halogens is 1. The van der Waals surface area contributed by atoms with E-state index in [2.05, 4.69) is 5.32 Å². The zero-order valence-corrected chi connectivity index (χ0v) is 9.26. The molecule has 0 bridgehead atoms. The summed E-state index contributed by atoms with van der Waals surface area (Å²) in [5.74, 6) is -0.218. The minimum Gasteiger partial charge on any atom is -0.472 e. The van der Waals surface area contributed by atoms with Crippen molar-refractivity contribution in [2.45, 2.75) is 6.10 Å². The van der Waals surface area contributed by atoms with Crippen molar-refractivity contribution in [2.75, 3.05) is 11.9 Å². The van der Waals surface area contributed by atoms with Gasteiger partial charge in [-0.25, -0.2) is 4.39 Å². The van der Waals surface area contributed by atoms with Gasteiger partial charge >= 0.3 is 0 Å². The molecular formula is C12H10FNOS. The van der Waals surface area contributed by atoms with Crippen LogP contribution in [0.25, 0.3) is 0 Å². The third-order valence-electron chi connectivity index (χ3n) is 2.60. The summed E-state index contributed by atoms with van der Waals surface area (Å²) in [7, 11) is 0. The predicted octanol–water partition coefficient (Wildman–Crippen LogP) is 3.43. The van der Waals surface area contributed by atoms with Crippen molar-refractivity contribution in [3.05, 3.63) is 47.1 Å². The Kier molecular flexibility index (Phi) is 2.29. The number of anilines is 1. The van der Waals surface area contributed by atoms with Crippen molar-refractivity contribution >= 4 is 17.0 Å². The molecule has 16 heavy (non-hydrogen) atoms. The van der Waals surface area contributed by atoms with Crippen LogP contribution in [0.1, 0.15) is 11.7 Å². The second-order valence-corrected chi connectivity index (χ2v) is 4.54. The van der Waals surface area contributed by atoms with Gasteiger partial charge in [-0.05, 0) is 29.1 Å². The van der Waals surface area contributed by atoms with Crippen molar-refractivity contribution in [3.8, 4) is 5.06 Å². The number of thiophene rings is 1. The van der Waals surface area contributed by atoms with Gasteiger partial charge < -0.3 is 10.1 Å². The standard InChI is InChI=1S/C12H10FNOS/c13-9-3-1-8(2-4-9)11-7-14-10-5-6-16-12(10)15-11/h1-6,11,14H,7H2. The van der Waals surface area contributed by atoms with Gasteiger partial charge in [0.2, 0.25) is 0 Å². The van der Waals surface area contributed by atoms with E-state index in [9.17, 15) is 4.39 Å². The van der Waals surface area contributed by atoms with Gasteiger partial charge in [-0.15, -0.1) is 11.3 Å². The summed E-state index contributed by atoms with van der Waals surface area (Å²) >= 11 is 1.57. The molecule has 0 fully saturated rings. The van der Waals surface area contributed by atoms with Crippen molar-refractivity contribution in [1.29, 1.82) is 0 Å². The van der Waals surface area contributed by atoms with E-state index in [-0.39, 0.29) is 11.9 Å². The molecule has 82 valence electrons. The van der Waals surface area contributed by atoms with E-state index < -0.39 is 0 Å². The lowest BCUT2D eigenvalue weighted by molar-refractivity contribution is 0.218. The molecule has 1 aromatic heterocycles. The molecule has 0 saturated carbocycles. The van der Waals surface area contributed by atoms with Gasteiger partial charge in [0.1, 0.15) is 11.9 Å². The second kappa shape index (κ2) is 3.79. The molecule has 2 nitrogen and oxygen atoms in total. The van der Waals surface area contributed by atoms with E-state index in [1.165, 1.54) is 12.1 Å². The number of hydrogen-bond donors (Lipinski definition) is 1. The Morgan fingerprint density at radius 3 is 2.88 bits per heavy atom. The summed E-state index contributed by atoms with van der Waals surface area (Å²) in [6.07, 6.45) is -0.0354. The van der Waals surface area contributed by atoms with Crippen LogP contribution in [0.3, 0.4) is 0 Å². The number of benzene rings is 1. The van der Waals surface area contributed by atoms with Crippen LogP contribution in [0.5, 0.6) is 5.06 Å². The van der Waals surface area contributed by atoms with Crippen molar-refractivity contribution < 1.29 is 9.13 Å². The Bertz CT molecular complexity index is 494. The fourth-order valence-corrected chi connectivity index (χ4v) is 2.52. The summed E-state index contributed by atoms with van der Waals surface area (Å²) in [6.45, 7) is 0.718. The van der Waals surface area contributed by atoms with Gasteiger partial charge in [-0.2, -0.15) is 0 Å². The molecule has 4 heteroatoms. The van der Waals surface area contributed by atoms with Crippen LogP contribution < -0.4 is 10.1 Å². The van der Waals surface area contributed by atoms with Gasteiger partial charge in [-0.3, -0.25) is 0 Å². The Hall–Kier alpha value is -1.55. The summed E-state index contributed by atoms with van der Waals surface area (Å²) in [5, 5.41) is 6.19. The van der Waals surface area contributed by atoms with Crippen LogP contribution in [0.15, 0.2) is 35.7 Å². The highest BCUT2D eigenvalue weighted by Gasteiger charge is 2.21. The van der Waals surface area contributed by atoms with Crippen LogP contribution in [0.4, 0.5) is 10.1 Å². The highest BCUT2D eigenvalue weighted by Crippen LogP contribution is 2.38. The lowest BCUT2D eigenvalue weighted by atomic mass is 10.1. The number of fused-ring (bicyclic) bond motifs is 1. The zero-order valence-electron chi connectivity index (χ0n) is 8.44. The third kappa shape index (κ3) is 1.65. The molecule has 1 aliphatic rings. The molecule has 1 aliphatic heterocycles. The average Bonchev–Trinajstić information content (AvgIpc) is 2.77. The Morgan fingerprint density at radius 1 is 1.25 bits per heavy atom. The Balaban J connectivity index is 1.86. The summed E-state index contributed by atoms with van der Waals surface area (Å²) in [6, 6.07) is 8.45. The van der Waals surface area contributed by atoms with E-state index in [0.29, 0.717) is 0 Å². The zero-order chi connectivity index (χ0) is 11.0. The topological polar surface area (TPSA) is 21.3 Å². The molecule has 1 aromatic carbocycles. The smallest absolute Gasteiger partial charge is 0.198 e. The van der Waals surface area contributed by atoms with Gasteiger partial charge in [0, 0.05) is 0 Å². The molecule has 2 heterocycles. The van der Waals surface area contributed by atoms with E-state index >= 15 is 0 Å². The van der Waals surface area contributed by atoms with Gasteiger partial charge in [0.25, 0.3) is 0 Å². The molecule has 2 aromatic rings. The number of nitrogens with one attached hydrogen (secondary N) is 1. The highest BCUT2D eigenvalue weighted by atomic mass is 32.1. The normalized spacial score (nSPS) is 18.4. The maximum absolute atomic E-state index is 12.8. The SMILES string of the molecule is Fc1ccc(C2CNc3ccsc3O2)cc1. The number of hydrogen-bond acceptors (Lipinski definition) is 3. The van der Waals surface area contributed by atoms with Crippen molar-refractivity contribution in [3.63, 3.8) is 0 Å². The number of rotatable bonds is 1.